The summed E-state index contributed by atoms with van der Waals surface area (Å²) in [5.74, 6) is 6.58. The normalized spacial score (nSPS) is 12.3. The first-order chi connectivity index (χ1) is 10.3. The van der Waals surface area contributed by atoms with Crippen LogP contribution in [0.4, 0.5) is 0 Å². The summed E-state index contributed by atoms with van der Waals surface area (Å²) in [6.45, 7) is 0. The minimum atomic E-state index is 0.382. The van der Waals surface area contributed by atoms with Crippen molar-refractivity contribution in [2.45, 2.75) is 38.1 Å². The van der Waals surface area contributed by atoms with Crippen molar-refractivity contribution < 1.29 is 4.74 Å². The molecule has 0 radical (unpaired) electrons. The molecular weight excluding hydrogens is 280 g/mol. The molecule has 21 heavy (non-hydrogen) atoms. The second-order valence-corrected chi connectivity index (χ2v) is 6.25. The van der Waals surface area contributed by atoms with Crippen LogP contribution in [-0.4, -0.2) is 13.2 Å². The van der Waals surface area contributed by atoms with Crippen molar-refractivity contribution >= 4 is 11.3 Å². The number of nitrogens with one attached hydrogen (secondary N) is 1. The van der Waals surface area contributed by atoms with Gasteiger partial charge in [-0.1, -0.05) is 18.2 Å². The second-order valence-electron chi connectivity index (χ2n) is 5.22. The average Bonchev–Trinajstić information content (AvgIpc) is 3.04. The van der Waals surface area contributed by atoms with Crippen LogP contribution in [0.1, 0.15) is 29.7 Å². The van der Waals surface area contributed by atoms with Crippen LogP contribution < -0.4 is 16.0 Å². The zero-order valence-corrected chi connectivity index (χ0v) is 13.4. The smallest absolute Gasteiger partial charge is 0.118 e. The Kier molecular flexibility index (Phi) is 6.73. The maximum atomic E-state index is 5.67. The summed E-state index contributed by atoms with van der Waals surface area (Å²) in [5.41, 5.74) is 4.28. The lowest BCUT2D eigenvalue weighted by molar-refractivity contribution is 0.414. The third-order valence-electron chi connectivity index (χ3n) is 3.73. The molecule has 0 bridgehead atoms. The monoisotopic (exact) mass is 304 g/mol. The van der Waals surface area contributed by atoms with Crippen molar-refractivity contribution in [1.29, 1.82) is 0 Å². The van der Waals surface area contributed by atoms with Crippen LogP contribution >= 0.6 is 11.3 Å². The number of rotatable bonds is 9. The van der Waals surface area contributed by atoms with E-state index in [0.717, 1.165) is 31.4 Å². The first-order valence-corrected chi connectivity index (χ1v) is 8.31. The highest BCUT2D eigenvalue weighted by Gasteiger charge is 2.07. The first kappa shape index (κ1) is 16.0. The van der Waals surface area contributed by atoms with E-state index in [1.807, 2.05) is 23.5 Å². The lowest BCUT2D eigenvalue weighted by Gasteiger charge is -2.15. The minimum absolute atomic E-state index is 0.382. The zero-order chi connectivity index (χ0) is 14.9. The van der Waals surface area contributed by atoms with E-state index in [1.54, 1.807) is 7.11 Å². The third-order valence-corrected chi connectivity index (χ3v) is 4.67. The molecule has 1 unspecified atom stereocenters. The fourth-order valence-electron chi connectivity index (χ4n) is 2.42. The molecule has 1 heterocycles. The van der Waals surface area contributed by atoms with E-state index in [2.05, 4.69) is 35.1 Å². The summed E-state index contributed by atoms with van der Waals surface area (Å²) in [5, 5.41) is 2.14. The molecule has 0 aliphatic heterocycles. The molecule has 0 fully saturated rings. The summed E-state index contributed by atoms with van der Waals surface area (Å²) in [6, 6.07) is 13.0. The summed E-state index contributed by atoms with van der Waals surface area (Å²) in [7, 11) is 1.69. The Hall–Kier alpha value is -1.36. The molecule has 2 aromatic rings. The van der Waals surface area contributed by atoms with E-state index in [1.165, 1.54) is 16.9 Å². The van der Waals surface area contributed by atoms with Gasteiger partial charge in [0.05, 0.1) is 7.11 Å². The van der Waals surface area contributed by atoms with Crippen molar-refractivity contribution in [3.63, 3.8) is 0 Å². The van der Waals surface area contributed by atoms with Crippen molar-refractivity contribution in [2.75, 3.05) is 7.11 Å². The summed E-state index contributed by atoms with van der Waals surface area (Å²) < 4.78 is 5.17. The number of benzene rings is 1. The second kappa shape index (κ2) is 8.82. The number of aryl methyl sites for hydroxylation is 2. The number of hydrazine groups is 1. The number of ether oxygens (including phenoxy) is 1. The Morgan fingerprint density at radius 1 is 1.14 bits per heavy atom. The van der Waals surface area contributed by atoms with E-state index in [9.17, 15) is 0 Å². The van der Waals surface area contributed by atoms with E-state index < -0.39 is 0 Å². The van der Waals surface area contributed by atoms with Crippen molar-refractivity contribution in [3.8, 4) is 5.75 Å². The van der Waals surface area contributed by atoms with Gasteiger partial charge in [-0.05, 0) is 61.2 Å². The van der Waals surface area contributed by atoms with E-state index in [4.69, 9.17) is 10.6 Å². The Balaban J connectivity index is 1.71. The summed E-state index contributed by atoms with van der Waals surface area (Å²) >= 11 is 1.83. The highest BCUT2D eigenvalue weighted by molar-refractivity contribution is 7.09. The van der Waals surface area contributed by atoms with Gasteiger partial charge in [-0.25, -0.2) is 0 Å². The first-order valence-electron chi connectivity index (χ1n) is 7.43. The molecule has 2 rings (SSSR count). The molecule has 3 N–H and O–H groups in total. The molecule has 1 aromatic heterocycles. The molecule has 0 aliphatic rings. The Bertz CT molecular complexity index is 496. The molecule has 0 aliphatic carbocycles. The van der Waals surface area contributed by atoms with E-state index in [-0.39, 0.29) is 0 Å². The van der Waals surface area contributed by atoms with Gasteiger partial charge >= 0.3 is 0 Å². The van der Waals surface area contributed by atoms with Crippen LogP contribution in [0, 0.1) is 0 Å². The Labute approximate surface area is 131 Å². The lowest BCUT2D eigenvalue weighted by atomic mass is 10.0. The minimum Gasteiger partial charge on any atom is -0.497 e. The summed E-state index contributed by atoms with van der Waals surface area (Å²) in [6.07, 6.45) is 5.55. The predicted molar refractivity (Wildman–Crippen MR) is 89.7 cm³/mol. The molecule has 1 aromatic carbocycles. The molecule has 114 valence electrons. The molecule has 0 amide bonds. The number of thiophene rings is 1. The molecule has 0 spiro atoms. The van der Waals surface area contributed by atoms with Gasteiger partial charge in [-0.15, -0.1) is 11.3 Å². The summed E-state index contributed by atoms with van der Waals surface area (Å²) in [4.78, 5) is 1.46. The van der Waals surface area contributed by atoms with E-state index in [0.29, 0.717) is 6.04 Å². The van der Waals surface area contributed by atoms with Gasteiger partial charge in [0.25, 0.3) is 0 Å². The van der Waals surface area contributed by atoms with Crippen LogP contribution in [0.2, 0.25) is 0 Å². The van der Waals surface area contributed by atoms with Gasteiger partial charge in [0.15, 0.2) is 0 Å². The highest BCUT2D eigenvalue weighted by atomic mass is 32.1. The quantitative estimate of drug-likeness (QED) is 0.550. The van der Waals surface area contributed by atoms with Crippen LogP contribution in [0.3, 0.4) is 0 Å². The van der Waals surface area contributed by atoms with Gasteiger partial charge in [-0.2, -0.15) is 0 Å². The molecule has 0 saturated heterocycles. The number of hydrogen-bond donors (Lipinski definition) is 2. The van der Waals surface area contributed by atoms with Gasteiger partial charge in [0.1, 0.15) is 5.75 Å². The van der Waals surface area contributed by atoms with Crippen LogP contribution in [-0.2, 0) is 12.8 Å². The number of methoxy groups -OCH3 is 1. The van der Waals surface area contributed by atoms with Crippen LogP contribution in [0.15, 0.2) is 41.8 Å². The van der Waals surface area contributed by atoms with Crippen molar-refractivity contribution in [2.24, 2.45) is 5.84 Å². The molecule has 1 atom stereocenters. The number of hydrogen-bond acceptors (Lipinski definition) is 4. The topological polar surface area (TPSA) is 47.3 Å². The largest absolute Gasteiger partial charge is 0.497 e. The van der Waals surface area contributed by atoms with Gasteiger partial charge in [0, 0.05) is 10.9 Å². The molecule has 0 saturated carbocycles. The number of nitrogens with two attached hydrogens (primary N) is 1. The maximum absolute atomic E-state index is 5.67. The molecule has 3 nitrogen and oxygen atoms in total. The van der Waals surface area contributed by atoms with Crippen LogP contribution in [0.5, 0.6) is 5.75 Å². The van der Waals surface area contributed by atoms with Gasteiger partial charge in [-0.3, -0.25) is 11.3 Å². The van der Waals surface area contributed by atoms with Crippen molar-refractivity contribution in [1.82, 2.24) is 5.43 Å². The van der Waals surface area contributed by atoms with Gasteiger partial charge in [0.2, 0.25) is 0 Å². The molecular formula is C17H24N2OS. The third kappa shape index (κ3) is 5.50. The Morgan fingerprint density at radius 3 is 2.57 bits per heavy atom. The average molecular weight is 304 g/mol. The SMILES string of the molecule is COc1ccc(CCC(CCCc2cccs2)NN)cc1. The molecule has 4 heteroatoms. The highest BCUT2D eigenvalue weighted by Crippen LogP contribution is 2.16. The fourth-order valence-corrected chi connectivity index (χ4v) is 3.17. The zero-order valence-electron chi connectivity index (χ0n) is 12.5. The lowest BCUT2D eigenvalue weighted by Crippen LogP contribution is -2.35. The van der Waals surface area contributed by atoms with E-state index >= 15 is 0 Å². The predicted octanol–water partition coefficient (Wildman–Crippen LogP) is 3.54. The fraction of sp³-hybridized carbons (Fsp3) is 0.412. The van der Waals surface area contributed by atoms with Crippen LogP contribution in [0.25, 0.3) is 0 Å². The standard InChI is InChI=1S/C17H24N2OS/c1-20-16-11-8-14(9-12-16)7-10-15(19-18)4-2-5-17-6-3-13-21-17/h3,6,8-9,11-13,15,19H,2,4-5,7,10,18H2,1H3. The Morgan fingerprint density at radius 2 is 1.95 bits per heavy atom. The van der Waals surface area contributed by atoms with Crippen molar-refractivity contribution in [3.05, 3.63) is 52.2 Å². The maximum Gasteiger partial charge on any atom is 0.118 e. The van der Waals surface area contributed by atoms with Gasteiger partial charge < -0.3 is 4.74 Å².